The van der Waals surface area contributed by atoms with Crippen LogP contribution in [0, 0.1) is 13.8 Å². The summed E-state index contributed by atoms with van der Waals surface area (Å²) in [5, 5.41) is 9.83. The lowest BCUT2D eigenvalue weighted by molar-refractivity contribution is -0.303. The van der Waals surface area contributed by atoms with Crippen LogP contribution in [-0.4, -0.2) is 29.0 Å². The number of aliphatic carboxylic acids is 1. The van der Waals surface area contributed by atoms with Gasteiger partial charge in [0.25, 0.3) is 11.1 Å². The fourth-order valence-corrected chi connectivity index (χ4v) is 3.80. The highest BCUT2D eigenvalue weighted by Crippen LogP contribution is 2.36. The summed E-state index contributed by atoms with van der Waals surface area (Å²) in [4.78, 5) is 39.1. The van der Waals surface area contributed by atoms with Crippen LogP contribution in [0.5, 0.6) is 0 Å². The lowest BCUT2D eigenvalue weighted by Crippen LogP contribution is -2.47. The number of rotatable bonds is 5. The number of carbonyl (C=O) groups excluding carboxylic acids is 3. The molecule has 26 heavy (non-hydrogen) atoms. The van der Waals surface area contributed by atoms with E-state index < -0.39 is 29.0 Å². The molecule has 134 valence electrons. The first kappa shape index (κ1) is 18.0. The standard InChI is InChI=1S/C19H18N2O4S/c1-12-6-8-14(9-7-12)20(11-16(22)23)18-17(24)21(19(25)26-18)15-5-3-4-13(2)10-15/h3-10,18H,11H2,1-2H3,(H,22,23)/p-1/t18-/m0/s1. The molecular formula is C19H17N2O4S-. The minimum absolute atomic E-state index is 0.430. The van der Waals surface area contributed by atoms with Crippen molar-refractivity contribution in [2.75, 3.05) is 16.3 Å². The van der Waals surface area contributed by atoms with Gasteiger partial charge in [0.2, 0.25) is 0 Å². The third-order valence-corrected chi connectivity index (χ3v) is 5.10. The minimum Gasteiger partial charge on any atom is -0.548 e. The van der Waals surface area contributed by atoms with Crippen LogP contribution in [0.1, 0.15) is 11.1 Å². The van der Waals surface area contributed by atoms with Gasteiger partial charge < -0.3 is 14.8 Å². The van der Waals surface area contributed by atoms with Gasteiger partial charge in [-0.3, -0.25) is 9.59 Å². The van der Waals surface area contributed by atoms with Gasteiger partial charge in [-0.1, -0.05) is 29.8 Å². The summed E-state index contributed by atoms with van der Waals surface area (Å²) >= 11 is 0.804. The van der Waals surface area contributed by atoms with E-state index in [-0.39, 0.29) is 0 Å². The summed E-state index contributed by atoms with van der Waals surface area (Å²) in [5.41, 5.74) is 2.95. The van der Waals surface area contributed by atoms with E-state index in [1.54, 1.807) is 30.3 Å². The van der Waals surface area contributed by atoms with Crippen LogP contribution in [0.4, 0.5) is 16.2 Å². The average Bonchev–Trinajstić information content (AvgIpc) is 2.88. The Bertz CT molecular complexity index is 866. The van der Waals surface area contributed by atoms with E-state index in [1.165, 1.54) is 4.90 Å². The van der Waals surface area contributed by atoms with Crippen molar-refractivity contribution in [2.24, 2.45) is 0 Å². The first-order chi connectivity index (χ1) is 12.4. The minimum atomic E-state index is -1.32. The molecule has 0 spiro atoms. The molecule has 0 aromatic heterocycles. The Morgan fingerprint density at radius 1 is 1.12 bits per heavy atom. The second-order valence-corrected chi connectivity index (χ2v) is 7.12. The van der Waals surface area contributed by atoms with Crippen molar-refractivity contribution in [3.05, 3.63) is 59.7 Å². The maximum absolute atomic E-state index is 12.9. The van der Waals surface area contributed by atoms with Crippen LogP contribution in [0.25, 0.3) is 0 Å². The van der Waals surface area contributed by atoms with E-state index in [4.69, 9.17) is 0 Å². The zero-order valence-corrected chi connectivity index (χ0v) is 15.2. The zero-order chi connectivity index (χ0) is 18.8. The number of anilines is 2. The molecule has 2 aromatic carbocycles. The van der Waals surface area contributed by atoms with Crippen molar-refractivity contribution in [3.8, 4) is 0 Å². The number of hydrogen-bond acceptors (Lipinski definition) is 6. The van der Waals surface area contributed by atoms with E-state index in [1.807, 2.05) is 32.0 Å². The van der Waals surface area contributed by atoms with E-state index in [0.29, 0.717) is 11.4 Å². The molecule has 2 amide bonds. The Kier molecular flexibility index (Phi) is 4.99. The molecule has 1 atom stereocenters. The summed E-state index contributed by atoms with van der Waals surface area (Å²) in [5.74, 6) is -1.78. The SMILES string of the molecule is Cc1ccc(N(CC(=O)[O-])[C@H]2SC(=O)N(c3cccc(C)c3)C2=O)cc1. The fraction of sp³-hybridized carbons (Fsp3) is 0.211. The molecule has 1 aliphatic rings. The summed E-state index contributed by atoms with van der Waals surface area (Å²) < 4.78 is 0. The van der Waals surface area contributed by atoms with Gasteiger partial charge in [-0.25, -0.2) is 4.90 Å². The highest BCUT2D eigenvalue weighted by molar-refractivity contribution is 8.16. The van der Waals surface area contributed by atoms with Crippen molar-refractivity contribution < 1.29 is 19.5 Å². The van der Waals surface area contributed by atoms with Crippen LogP contribution in [-0.2, 0) is 9.59 Å². The number of carboxylic acids is 1. The van der Waals surface area contributed by atoms with Gasteiger partial charge in [-0.05, 0) is 55.4 Å². The molecule has 0 N–H and O–H groups in total. The monoisotopic (exact) mass is 369 g/mol. The van der Waals surface area contributed by atoms with Gasteiger partial charge in [0.1, 0.15) is 0 Å². The molecule has 2 aromatic rings. The third kappa shape index (κ3) is 3.57. The van der Waals surface area contributed by atoms with Gasteiger partial charge >= 0.3 is 0 Å². The first-order valence-corrected chi connectivity index (χ1v) is 8.89. The largest absolute Gasteiger partial charge is 0.548 e. The van der Waals surface area contributed by atoms with Gasteiger partial charge in [0.05, 0.1) is 18.2 Å². The number of thioether (sulfide) groups is 1. The van der Waals surface area contributed by atoms with Gasteiger partial charge in [-0.15, -0.1) is 0 Å². The third-order valence-electron chi connectivity index (χ3n) is 4.03. The number of amides is 2. The predicted octanol–water partition coefficient (Wildman–Crippen LogP) is 2.09. The van der Waals surface area contributed by atoms with Crippen molar-refractivity contribution in [2.45, 2.75) is 19.2 Å². The molecule has 3 rings (SSSR count). The van der Waals surface area contributed by atoms with Gasteiger partial charge in [-0.2, -0.15) is 0 Å². The zero-order valence-electron chi connectivity index (χ0n) is 14.3. The maximum atomic E-state index is 12.9. The number of hydrogen-bond donors (Lipinski definition) is 0. The number of carbonyl (C=O) groups is 3. The van der Waals surface area contributed by atoms with Gasteiger partial charge in [0.15, 0.2) is 5.37 Å². The normalized spacial score (nSPS) is 16.8. The van der Waals surface area contributed by atoms with Crippen LogP contribution in [0.3, 0.4) is 0 Å². The quantitative estimate of drug-likeness (QED) is 0.803. The smallest absolute Gasteiger partial charge is 0.295 e. The number of aryl methyl sites for hydroxylation is 2. The Balaban J connectivity index is 1.95. The molecule has 0 bridgehead atoms. The van der Waals surface area contributed by atoms with E-state index in [2.05, 4.69) is 0 Å². The summed E-state index contributed by atoms with van der Waals surface area (Å²) in [6.45, 7) is 3.29. The Morgan fingerprint density at radius 2 is 1.81 bits per heavy atom. The van der Waals surface area contributed by atoms with Crippen molar-refractivity contribution in [1.82, 2.24) is 0 Å². The molecule has 0 unspecified atom stereocenters. The number of imide groups is 1. The predicted molar refractivity (Wildman–Crippen MR) is 99.0 cm³/mol. The molecule has 1 aliphatic heterocycles. The number of nitrogens with zero attached hydrogens (tertiary/aromatic N) is 2. The maximum Gasteiger partial charge on any atom is 0.295 e. The summed E-state index contributed by atoms with van der Waals surface area (Å²) in [6.07, 6.45) is 0. The lowest BCUT2D eigenvalue weighted by Gasteiger charge is -2.29. The van der Waals surface area contributed by atoms with Crippen LogP contribution < -0.4 is 14.9 Å². The second-order valence-electron chi connectivity index (χ2n) is 6.08. The molecule has 1 heterocycles. The molecule has 6 nitrogen and oxygen atoms in total. The second kappa shape index (κ2) is 7.21. The molecular weight excluding hydrogens is 352 g/mol. The van der Waals surface area contributed by atoms with E-state index in [9.17, 15) is 19.5 Å². The highest BCUT2D eigenvalue weighted by atomic mass is 32.2. The van der Waals surface area contributed by atoms with Crippen LogP contribution >= 0.6 is 11.8 Å². The molecule has 1 fully saturated rings. The van der Waals surface area contributed by atoms with Crippen LogP contribution in [0.2, 0.25) is 0 Å². The fourth-order valence-electron chi connectivity index (χ4n) is 2.78. The molecule has 7 heteroatoms. The molecule has 0 radical (unpaired) electrons. The average molecular weight is 369 g/mol. The van der Waals surface area contributed by atoms with Crippen molar-refractivity contribution >= 4 is 40.3 Å². The van der Waals surface area contributed by atoms with E-state index in [0.717, 1.165) is 27.8 Å². The summed E-state index contributed by atoms with van der Waals surface area (Å²) in [6, 6.07) is 14.2. The Morgan fingerprint density at radius 3 is 2.42 bits per heavy atom. The number of carboxylic acid groups (broad SMARTS) is 1. The lowest BCUT2D eigenvalue weighted by atomic mass is 10.2. The first-order valence-electron chi connectivity index (χ1n) is 8.01. The van der Waals surface area contributed by atoms with E-state index >= 15 is 0 Å². The molecule has 0 aliphatic carbocycles. The topological polar surface area (TPSA) is 80.8 Å². The number of benzene rings is 2. The molecule has 1 saturated heterocycles. The summed E-state index contributed by atoms with van der Waals surface area (Å²) in [7, 11) is 0. The Labute approximate surface area is 155 Å². The van der Waals surface area contributed by atoms with Crippen LogP contribution in [0.15, 0.2) is 48.5 Å². The van der Waals surface area contributed by atoms with Crippen molar-refractivity contribution in [3.63, 3.8) is 0 Å². The van der Waals surface area contributed by atoms with Crippen molar-refractivity contribution in [1.29, 1.82) is 0 Å². The highest BCUT2D eigenvalue weighted by Gasteiger charge is 2.44. The Hall–Kier alpha value is -2.80. The van der Waals surface area contributed by atoms with Gasteiger partial charge in [0, 0.05) is 5.69 Å². The molecule has 0 saturated carbocycles.